The molecule has 1 saturated heterocycles. The molecule has 6 heteroatoms. The van der Waals surface area contributed by atoms with Crippen LogP contribution in [-0.4, -0.2) is 54.8 Å². The Balaban J connectivity index is 1.56. The number of allylic oxidation sites excluding steroid dienone is 1. The molecule has 1 aromatic rings. The van der Waals surface area contributed by atoms with Gasteiger partial charge in [-0.3, -0.25) is 4.79 Å². The Morgan fingerprint density at radius 2 is 2.18 bits per heavy atom. The van der Waals surface area contributed by atoms with Crippen molar-refractivity contribution in [3.8, 4) is 5.75 Å². The number of benzene rings is 1. The monoisotopic (exact) mass is 397 g/mol. The van der Waals surface area contributed by atoms with Crippen LogP contribution in [0.5, 0.6) is 5.75 Å². The molecule has 1 N–H and O–H groups in total. The molecule has 3 aliphatic rings. The van der Waals surface area contributed by atoms with E-state index in [1.165, 1.54) is 5.56 Å². The van der Waals surface area contributed by atoms with Crippen LogP contribution in [0.3, 0.4) is 0 Å². The molecule has 28 heavy (non-hydrogen) atoms. The van der Waals surface area contributed by atoms with Crippen molar-refractivity contribution in [1.82, 2.24) is 15.1 Å². The average Bonchev–Trinajstić information content (AvgIpc) is 3.02. The summed E-state index contributed by atoms with van der Waals surface area (Å²) in [5, 5.41) is 4.56. The Morgan fingerprint density at radius 1 is 1.29 bits per heavy atom. The van der Waals surface area contributed by atoms with Crippen LogP contribution in [-0.2, 0) is 11.2 Å². The maximum Gasteiger partial charge on any atom is 0.252 e. The summed E-state index contributed by atoms with van der Waals surface area (Å²) in [6.07, 6.45) is 10.3. The Hall–Kier alpha value is -2.10. The van der Waals surface area contributed by atoms with Gasteiger partial charge in [-0.2, -0.15) is 0 Å². The summed E-state index contributed by atoms with van der Waals surface area (Å²) in [7, 11) is 2.24. The van der Waals surface area contributed by atoms with Crippen LogP contribution in [0.1, 0.15) is 24.5 Å². The number of methoxy groups -OCH3 is 1. The van der Waals surface area contributed by atoms with E-state index in [2.05, 4.69) is 41.4 Å². The molecule has 0 radical (unpaired) electrons. The summed E-state index contributed by atoms with van der Waals surface area (Å²) in [5.74, 6) is 1.10. The zero-order valence-electron chi connectivity index (χ0n) is 16.6. The Kier molecular flexibility index (Phi) is 5.84. The predicted molar refractivity (Wildman–Crippen MR) is 116 cm³/mol. The summed E-state index contributed by atoms with van der Waals surface area (Å²) < 4.78 is 5.44. The van der Waals surface area contributed by atoms with E-state index >= 15 is 0 Å². The van der Waals surface area contributed by atoms with Gasteiger partial charge in [-0.1, -0.05) is 27.6 Å². The van der Waals surface area contributed by atoms with Crippen molar-refractivity contribution in [3.63, 3.8) is 0 Å². The first-order chi connectivity index (χ1) is 13.7. The van der Waals surface area contributed by atoms with Crippen LogP contribution in [0, 0.1) is 0 Å². The van der Waals surface area contributed by atoms with Gasteiger partial charge in [0.05, 0.1) is 18.6 Å². The number of nitrogens with one attached hydrogen (secondary N) is 1. The van der Waals surface area contributed by atoms with Crippen molar-refractivity contribution in [2.45, 2.75) is 25.5 Å². The Morgan fingerprint density at radius 3 is 3.00 bits per heavy atom. The minimum atomic E-state index is 0.0717. The van der Waals surface area contributed by atoms with Crippen LogP contribution < -0.4 is 10.1 Å². The molecule has 1 amide bonds. The SMILES string of the molecule is CCc1cc(C2=CC(=O)N3C=C(N4CCCNCC4)C=CC3P2)ccc1OC. The number of nitrogens with zero attached hydrogens (tertiary/aromatic N) is 2. The minimum absolute atomic E-state index is 0.0717. The molecule has 1 fully saturated rings. The van der Waals surface area contributed by atoms with E-state index in [4.69, 9.17) is 4.74 Å². The molecule has 0 saturated carbocycles. The maximum absolute atomic E-state index is 12.9. The molecule has 3 aliphatic heterocycles. The van der Waals surface area contributed by atoms with E-state index in [-0.39, 0.29) is 11.7 Å². The lowest BCUT2D eigenvalue weighted by molar-refractivity contribution is -0.123. The van der Waals surface area contributed by atoms with Crippen LogP contribution in [0.15, 0.2) is 48.3 Å². The van der Waals surface area contributed by atoms with Gasteiger partial charge in [0.25, 0.3) is 5.91 Å². The summed E-state index contributed by atoms with van der Waals surface area (Å²) in [4.78, 5) is 17.2. The van der Waals surface area contributed by atoms with Crippen LogP contribution in [0.4, 0.5) is 0 Å². The van der Waals surface area contributed by atoms with Crippen molar-refractivity contribution in [3.05, 3.63) is 59.5 Å². The van der Waals surface area contributed by atoms with Crippen molar-refractivity contribution >= 4 is 19.8 Å². The zero-order valence-corrected chi connectivity index (χ0v) is 17.6. The molecule has 5 nitrogen and oxygen atoms in total. The quantitative estimate of drug-likeness (QED) is 0.793. The highest BCUT2D eigenvalue weighted by Gasteiger charge is 2.29. The zero-order chi connectivity index (χ0) is 19.5. The van der Waals surface area contributed by atoms with Gasteiger partial charge in [0, 0.05) is 31.9 Å². The fourth-order valence-electron chi connectivity index (χ4n) is 3.95. The highest BCUT2D eigenvalue weighted by Crippen LogP contribution is 2.45. The van der Waals surface area contributed by atoms with Crippen molar-refractivity contribution in [1.29, 1.82) is 0 Å². The molecule has 2 atom stereocenters. The maximum atomic E-state index is 12.9. The third-order valence-corrected chi connectivity index (χ3v) is 7.03. The number of amides is 1. The highest BCUT2D eigenvalue weighted by atomic mass is 31.1. The van der Waals surface area contributed by atoms with Crippen molar-refractivity contribution in [2.75, 3.05) is 33.3 Å². The minimum Gasteiger partial charge on any atom is -0.496 e. The number of aryl methyl sites for hydroxylation is 1. The third kappa shape index (κ3) is 3.87. The standard InChI is InChI=1S/C22H28N3O2P/c1-3-16-13-17(5-7-19(16)27-2)20-14-21(26)25-15-18(6-8-22(25)28-20)24-11-4-9-23-10-12-24/h5-8,13-15,22-23,28H,3-4,9-12H2,1-2H3. The number of rotatable bonds is 4. The first kappa shape index (κ1) is 19.2. The van der Waals surface area contributed by atoms with Gasteiger partial charge in [-0.25, -0.2) is 0 Å². The molecule has 3 heterocycles. The van der Waals surface area contributed by atoms with E-state index in [1.807, 2.05) is 23.2 Å². The topological polar surface area (TPSA) is 44.8 Å². The smallest absolute Gasteiger partial charge is 0.252 e. The molecule has 0 aliphatic carbocycles. The fraction of sp³-hybridized carbons (Fsp3) is 0.409. The molecular weight excluding hydrogens is 369 g/mol. The van der Waals surface area contributed by atoms with Gasteiger partial charge < -0.3 is 19.9 Å². The third-order valence-electron chi connectivity index (χ3n) is 5.52. The van der Waals surface area contributed by atoms with Crippen molar-refractivity contribution in [2.24, 2.45) is 0 Å². The van der Waals surface area contributed by atoms with Crippen LogP contribution >= 0.6 is 8.58 Å². The van der Waals surface area contributed by atoms with E-state index in [9.17, 15) is 4.79 Å². The second kappa shape index (κ2) is 8.50. The van der Waals surface area contributed by atoms with E-state index in [0.29, 0.717) is 8.58 Å². The predicted octanol–water partition coefficient (Wildman–Crippen LogP) is 3.15. The van der Waals surface area contributed by atoms with Gasteiger partial charge in [-0.15, -0.1) is 0 Å². The summed E-state index contributed by atoms with van der Waals surface area (Å²) in [5.41, 5.74) is 3.45. The first-order valence-electron chi connectivity index (χ1n) is 10.0. The molecule has 0 aromatic heterocycles. The number of carbonyl (C=O) groups is 1. The van der Waals surface area contributed by atoms with Gasteiger partial charge in [0.2, 0.25) is 0 Å². The largest absolute Gasteiger partial charge is 0.496 e. The molecule has 1 aromatic carbocycles. The normalized spacial score (nSPS) is 23.2. The number of carbonyl (C=O) groups excluding carboxylic acids is 1. The summed E-state index contributed by atoms with van der Waals surface area (Å²) in [6.45, 7) is 6.20. The number of hydrogen-bond donors (Lipinski definition) is 1. The van der Waals surface area contributed by atoms with E-state index in [0.717, 1.165) is 61.3 Å². The molecule has 148 valence electrons. The van der Waals surface area contributed by atoms with Crippen molar-refractivity contribution < 1.29 is 9.53 Å². The number of ether oxygens (including phenoxy) is 1. The second-order valence-corrected chi connectivity index (χ2v) is 8.70. The average molecular weight is 397 g/mol. The Labute approximate surface area is 168 Å². The Bertz CT molecular complexity index is 838. The molecule has 0 bridgehead atoms. The molecule has 0 spiro atoms. The number of hydrogen-bond acceptors (Lipinski definition) is 4. The lowest BCUT2D eigenvalue weighted by Crippen LogP contribution is -2.38. The van der Waals surface area contributed by atoms with Gasteiger partial charge in [0.15, 0.2) is 0 Å². The second-order valence-electron chi connectivity index (χ2n) is 7.28. The lowest BCUT2D eigenvalue weighted by atomic mass is 10.1. The van der Waals surface area contributed by atoms with Gasteiger partial charge in [-0.05, 0) is 54.0 Å². The first-order valence-corrected chi connectivity index (χ1v) is 11.1. The van der Waals surface area contributed by atoms with Gasteiger partial charge >= 0.3 is 0 Å². The molecule has 2 unspecified atom stereocenters. The number of fused-ring (bicyclic) bond motifs is 1. The van der Waals surface area contributed by atoms with Crippen LogP contribution in [0.2, 0.25) is 0 Å². The van der Waals surface area contributed by atoms with Gasteiger partial charge in [0.1, 0.15) is 5.75 Å². The molecular formula is C22H28N3O2P. The van der Waals surface area contributed by atoms with E-state index < -0.39 is 0 Å². The molecule has 4 rings (SSSR count). The lowest BCUT2D eigenvalue weighted by Gasteiger charge is -2.36. The summed E-state index contributed by atoms with van der Waals surface area (Å²) in [6, 6.07) is 6.24. The summed E-state index contributed by atoms with van der Waals surface area (Å²) >= 11 is 0. The fourth-order valence-corrected chi connectivity index (χ4v) is 5.33. The van der Waals surface area contributed by atoms with Crippen LogP contribution in [0.25, 0.3) is 5.31 Å². The highest BCUT2D eigenvalue weighted by molar-refractivity contribution is 7.51. The van der Waals surface area contributed by atoms with E-state index in [1.54, 1.807) is 7.11 Å².